The van der Waals surface area contributed by atoms with E-state index < -0.39 is 10.8 Å². The lowest BCUT2D eigenvalue weighted by molar-refractivity contribution is -0.384. The molecule has 1 saturated heterocycles. The van der Waals surface area contributed by atoms with Gasteiger partial charge in [-0.3, -0.25) is 20.2 Å². The molecular formula is C19H19ClN4O4S. The number of thiocarbonyl (C=S) groups is 1. The number of rotatable bonds is 4. The molecule has 1 amide bonds. The van der Waals surface area contributed by atoms with Crippen LogP contribution < -0.4 is 15.5 Å². The van der Waals surface area contributed by atoms with E-state index in [4.69, 9.17) is 28.6 Å². The van der Waals surface area contributed by atoms with Gasteiger partial charge in [-0.2, -0.15) is 0 Å². The summed E-state index contributed by atoms with van der Waals surface area (Å²) in [4.78, 5) is 25.5. The molecule has 29 heavy (non-hydrogen) atoms. The molecule has 1 aliphatic rings. The Labute approximate surface area is 177 Å². The van der Waals surface area contributed by atoms with Crippen LogP contribution in [-0.4, -0.2) is 42.2 Å². The summed E-state index contributed by atoms with van der Waals surface area (Å²) in [5.74, 6) is -0.535. The third-order valence-corrected chi connectivity index (χ3v) is 4.90. The monoisotopic (exact) mass is 434 g/mol. The van der Waals surface area contributed by atoms with E-state index >= 15 is 0 Å². The van der Waals surface area contributed by atoms with E-state index in [0.717, 1.165) is 5.56 Å². The lowest BCUT2D eigenvalue weighted by Gasteiger charge is -2.30. The minimum atomic E-state index is -0.536. The third kappa shape index (κ3) is 5.20. The topological polar surface area (TPSA) is 96.7 Å². The van der Waals surface area contributed by atoms with Gasteiger partial charge >= 0.3 is 0 Å². The van der Waals surface area contributed by atoms with Crippen LogP contribution in [0.1, 0.15) is 15.9 Å². The molecule has 0 unspecified atom stereocenters. The molecule has 10 heteroatoms. The molecule has 0 spiro atoms. The van der Waals surface area contributed by atoms with E-state index in [1.807, 2.05) is 17.9 Å². The number of aryl methyl sites for hydroxylation is 1. The maximum absolute atomic E-state index is 12.9. The van der Waals surface area contributed by atoms with Crippen molar-refractivity contribution < 1.29 is 14.5 Å². The van der Waals surface area contributed by atoms with Gasteiger partial charge in [0.05, 0.1) is 29.4 Å². The Hall–Kier alpha value is -2.75. The summed E-state index contributed by atoms with van der Waals surface area (Å²) in [7, 11) is 0. The number of benzene rings is 2. The van der Waals surface area contributed by atoms with E-state index in [1.165, 1.54) is 12.1 Å². The highest BCUT2D eigenvalue weighted by Gasteiger charge is 2.22. The van der Waals surface area contributed by atoms with Gasteiger partial charge in [0.1, 0.15) is 0 Å². The smallest absolute Gasteiger partial charge is 0.270 e. The highest BCUT2D eigenvalue weighted by atomic mass is 35.5. The van der Waals surface area contributed by atoms with E-state index in [2.05, 4.69) is 10.6 Å². The second kappa shape index (κ2) is 9.17. The van der Waals surface area contributed by atoms with Crippen molar-refractivity contribution in [2.24, 2.45) is 0 Å². The Balaban J connectivity index is 1.82. The number of anilines is 2. The molecule has 152 valence electrons. The molecule has 0 aromatic heterocycles. The molecule has 0 radical (unpaired) electrons. The zero-order valence-electron chi connectivity index (χ0n) is 15.6. The van der Waals surface area contributed by atoms with Gasteiger partial charge in [-0.15, -0.1) is 0 Å². The SMILES string of the molecule is Cc1ccc(Cl)cc1NC(=S)NC(=O)c1cc([N+](=O)[O-])ccc1N1CCOCC1. The summed E-state index contributed by atoms with van der Waals surface area (Å²) in [6.07, 6.45) is 0. The molecule has 1 fully saturated rings. The predicted molar refractivity (Wildman–Crippen MR) is 116 cm³/mol. The van der Waals surface area contributed by atoms with Crippen LogP contribution in [0.4, 0.5) is 17.1 Å². The molecule has 0 aliphatic carbocycles. The summed E-state index contributed by atoms with van der Waals surface area (Å²) < 4.78 is 5.34. The van der Waals surface area contributed by atoms with Crippen molar-refractivity contribution in [1.29, 1.82) is 0 Å². The van der Waals surface area contributed by atoms with Crippen molar-refractivity contribution in [3.05, 3.63) is 62.7 Å². The number of nitrogens with zero attached hydrogens (tertiary/aromatic N) is 2. The van der Waals surface area contributed by atoms with E-state index in [-0.39, 0.29) is 16.4 Å². The minimum absolute atomic E-state index is 0.0693. The van der Waals surface area contributed by atoms with Gasteiger partial charge in [0.25, 0.3) is 11.6 Å². The number of carbonyl (C=O) groups excluding carboxylic acids is 1. The van der Waals surface area contributed by atoms with Gasteiger partial charge in [-0.05, 0) is 42.9 Å². The average molecular weight is 435 g/mol. The molecule has 1 aliphatic heterocycles. The first kappa shape index (κ1) is 21.0. The highest BCUT2D eigenvalue weighted by molar-refractivity contribution is 7.80. The number of halogens is 1. The van der Waals surface area contributed by atoms with Crippen molar-refractivity contribution in [1.82, 2.24) is 5.32 Å². The number of nitro groups is 1. The van der Waals surface area contributed by atoms with E-state index in [1.54, 1.807) is 18.2 Å². The number of amides is 1. The number of nitrogens with one attached hydrogen (secondary N) is 2. The van der Waals surface area contributed by atoms with Crippen LogP contribution in [0.25, 0.3) is 0 Å². The molecule has 2 aromatic carbocycles. The largest absolute Gasteiger partial charge is 0.378 e. The van der Waals surface area contributed by atoms with Crippen molar-refractivity contribution >= 4 is 51.9 Å². The molecule has 0 atom stereocenters. The summed E-state index contributed by atoms with van der Waals surface area (Å²) in [6, 6.07) is 9.49. The van der Waals surface area contributed by atoms with Gasteiger partial charge in [0, 0.05) is 35.9 Å². The quantitative estimate of drug-likeness (QED) is 0.431. The Morgan fingerprint density at radius 2 is 1.97 bits per heavy atom. The maximum Gasteiger partial charge on any atom is 0.270 e. The second-order valence-electron chi connectivity index (χ2n) is 6.43. The first-order chi connectivity index (χ1) is 13.8. The summed E-state index contributed by atoms with van der Waals surface area (Å²) in [5.41, 5.74) is 2.16. The highest BCUT2D eigenvalue weighted by Crippen LogP contribution is 2.26. The van der Waals surface area contributed by atoms with Crippen molar-refractivity contribution in [2.45, 2.75) is 6.92 Å². The van der Waals surface area contributed by atoms with Crippen LogP contribution in [0.15, 0.2) is 36.4 Å². The predicted octanol–water partition coefficient (Wildman–Crippen LogP) is 3.52. The van der Waals surface area contributed by atoms with Crippen LogP contribution in [-0.2, 0) is 4.74 Å². The van der Waals surface area contributed by atoms with Crippen LogP contribution in [0.3, 0.4) is 0 Å². The molecule has 2 aromatic rings. The fraction of sp³-hybridized carbons (Fsp3) is 0.263. The first-order valence-electron chi connectivity index (χ1n) is 8.85. The summed E-state index contributed by atoms with van der Waals surface area (Å²) in [5, 5.41) is 17.3. The van der Waals surface area contributed by atoms with Gasteiger partial charge in [-0.25, -0.2) is 0 Å². The van der Waals surface area contributed by atoms with Crippen molar-refractivity contribution in [3.8, 4) is 0 Å². The Bertz CT molecular complexity index is 963. The normalized spacial score (nSPS) is 13.7. The standard InChI is InChI=1S/C19H19ClN4O4S/c1-12-2-3-13(20)10-16(12)21-19(29)22-18(25)15-11-14(24(26)27)4-5-17(15)23-6-8-28-9-7-23/h2-5,10-11H,6-9H2,1H3,(H2,21,22,25,29). The van der Waals surface area contributed by atoms with Crippen molar-refractivity contribution in [3.63, 3.8) is 0 Å². The average Bonchev–Trinajstić information content (AvgIpc) is 2.70. The van der Waals surface area contributed by atoms with Crippen LogP contribution in [0, 0.1) is 17.0 Å². The number of carbonyl (C=O) groups is 1. The van der Waals surface area contributed by atoms with Crippen LogP contribution in [0.5, 0.6) is 0 Å². The number of morpholine rings is 1. The number of nitro benzene ring substituents is 1. The van der Waals surface area contributed by atoms with Gasteiger partial charge in [0.15, 0.2) is 5.11 Å². The van der Waals surface area contributed by atoms with E-state index in [9.17, 15) is 14.9 Å². The zero-order valence-corrected chi connectivity index (χ0v) is 17.2. The second-order valence-corrected chi connectivity index (χ2v) is 7.27. The van der Waals surface area contributed by atoms with Gasteiger partial charge in [-0.1, -0.05) is 17.7 Å². The molecule has 1 heterocycles. The molecule has 2 N–H and O–H groups in total. The molecular weight excluding hydrogens is 416 g/mol. The lowest BCUT2D eigenvalue weighted by Crippen LogP contribution is -2.39. The Morgan fingerprint density at radius 1 is 1.24 bits per heavy atom. The fourth-order valence-electron chi connectivity index (χ4n) is 2.95. The lowest BCUT2D eigenvalue weighted by atomic mass is 10.1. The van der Waals surface area contributed by atoms with Crippen LogP contribution in [0.2, 0.25) is 5.02 Å². The molecule has 0 saturated carbocycles. The minimum Gasteiger partial charge on any atom is -0.378 e. The molecule has 0 bridgehead atoms. The Morgan fingerprint density at radius 3 is 2.66 bits per heavy atom. The zero-order chi connectivity index (χ0) is 21.0. The van der Waals surface area contributed by atoms with Gasteiger partial charge < -0.3 is 15.0 Å². The third-order valence-electron chi connectivity index (χ3n) is 4.46. The first-order valence-corrected chi connectivity index (χ1v) is 9.63. The summed E-state index contributed by atoms with van der Waals surface area (Å²) >= 11 is 11.3. The number of hydrogen-bond donors (Lipinski definition) is 2. The number of non-ortho nitro benzene ring substituents is 1. The maximum atomic E-state index is 12.9. The number of hydrogen-bond acceptors (Lipinski definition) is 6. The summed E-state index contributed by atoms with van der Waals surface area (Å²) in [6.45, 7) is 4.09. The number of ether oxygens (including phenoxy) is 1. The van der Waals surface area contributed by atoms with Gasteiger partial charge in [0.2, 0.25) is 0 Å². The molecule has 3 rings (SSSR count). The van der Waals surface area contributed by atoms with Crippen LogP contribution >= 0.6 is 23.8 Å². The molecule has 8 nitrogen and oxygen atoms in total. The van der Waals surface area contributed by atoms with Crippen molar-refractivity contribution in [2.75, 3.05) is 36.5 Å². The fourth-order valence-corrected chi connectivity index (χ4v) is 3.33. The van der Waals surface area contributed by atoms with E-state index in [0.29, 0.717) is 42.7 Å². The Kier molecular flexibility index (Phi) is 6.63.